The maximum atomic E-state index is 11.8. The van der Waals surface area contributed by atoms with E-state index in [9.17, 15) is 18.0 Å². The standard InChI is InChI=1S/C9H14F3NO2/c1-6(7-3-2-4-15-7)13-8(14)5-9(10,11)12/h6-7H,2-5H2,1H3,(H,13,14)/t6-,7+/m1/s1. The number of hydrogen-bond acceptors (Lipinski definition) is 2. The average Bonchev–Trinajstić information content (AvgIpc) is 2.50. The molecule has 15 heavy (non-hydrogen) atoms. The second-order valence-corrected chi connectivity index (χ2v) is 3.70. The van der Waals surface area contributed by atoms with Crippen molar-refractivity contribution in [3.05, 3.63) is 0 Å². The molecular formula is C9H14F3NO2. The lowest BCUT2D eigenvalue weighted by atomic mass is 10.1. The van der Waals surface area contributed by atoms with Gasteiger partial charge < -0.3 is 10.1 Å². The monoisotopic (exact) mass is 225 g/mol. The molecule has 0 bridgehead atoms. The summed E-state index contributed by atoms with van der Waals surface area (Å²) >= 11 is 0. The molecule has 6 heteroatoms. The topological polar surface area (TPSA) is 38.3 Å². The Morgan fingerprint density at radius 3 is 2.73 bits per heavy atom. The van der Waals surface area contributed by atoms with Crippen molar-refractivity contribution in [3.8, 4) is 0 Å². The Morgan fingerprint density at radius 2 is 2.27 bits per heavy atom. The zero-order valence-electron chi connectivity index (χ0n) is 8.43. The molecule has 1 aliphatic rings. The van der Waals surface area contributed by atoms with Crippen LogP contribution in [-0.2, 0) is 9.53 Å². The highest BCUT2D eigenvalue weighted by Crippen LogP contribution is 2.20. The molecule has 1 N–H and O–H groups in total. The molecule has 1 heterocycles. The van der Waals surface area contributed by atoms with Crippen molar-refractivity contribution >= 4 is 5.91 Å². The van der Waals surface area contributed by atoms with Crippen molar-refractivity contribution in [3.63, 3.8) is 0 Å². The van der Waals surface area contributed by atoms with Crippen molar-refractivity contribution in [2.75, 3.05) is 6.61 Å². The van der Waals surface area contributed by atoms with E-state index in [2.05, 4.69) is 5.32 Å². The molecule has 0 radical (unpaired) electrons. The first-order chi connectivity index (χ1) is 6.88. The van der Waals surface area contributed by atoms with E-state index in [1.165, 1.54) is 0 Å². The summed E-state index contributed by atoms with van der Waals surface area (Å²) < 4.78 is 40.8. The third-order valence-electron chi connectivity index (χ3n) is 2.27. The molecule has 1 saturated heterocycles. The molecule has 0 aromatic rings. The highest BCUT2D eigenvalue weighted by molar-refractivity contribution is 5.76. The molecule has 1 amide bonds. The van der Waals surface area contributed by atoms with Gasteiger partial charge in [0.2, 0.25) is 5.91 Å². The van der Waals surface area contributed by atoms with Gasteiger partial charge in [-0.15, -0.1) is 0 Å². The van der Waals surface area contributed by atoms with Gasteiger partial charge in [-0.25, -0.2) is 0 Å². The molecular weight excluding hydrogens is 211 g/mol. The Kier molecular flexibility index (Phi) is 3.96. The minimum Gasteiger partial charge on any atom is -0.376 e. The van der Waals surface area contributed by atoms with Gasteiger partial charge in [0.05, 0.1) is 12.1 Å². The van der Waals surface area contributed by atoms with Gasteiger partial charge in [0.25, 0.3) is 0 Å². The SMILES string of the molecule is C[C@@H](NC(=O)CC(F)(F)F)[C@@H]1CCCO1. The number of halogens is 3. The van der Waals surface area contributed by atoms with Gasteiger partial charge >= 0.3 is 6.18 Å². The van der Waals surface area contributed by atoms with Gasteiger partial charge in [-0.1, -0.05) is 0 Å². The Balaban J connectivity index is 2.30. The summed E-state index contributed by atoms with van der Waals surface area (Å²) in [5, 5.41) is 2.29. The maximum absolute atomic E-state index is 11.8. The largest absolute Gasteiger partial charge is 0.397 e. The van der Waals surface area contributed by atoms with Crippen LogP contribution in [0.1, 0.15) is 26.2 Å². The van der Waals surface area contributed by atoms with Gasteiger partial charge in [-0.2, -0.15) is 13.2 Å². The second kappa shape index (κ2) is 4.83. The fraction of sp³-hybridized carbons (Fsp3) is 0.889. The highest BCUT2D eigenvalue weighted by atomic mass is 19.4. The minimum atomic E-state index is -4.44. The van der Waals surface area contributed by atoms with Crippen molar-refractivity contribution < 1.29 is 22.7 Å². The van der Waals surface area contributed by atoms with Crippen molar-refractivity contribution in [1.82, 2.24) is 5.32 Å². The van der Waals surface area contributed by atoms with E-state index >= 15 is 0 Å². The Hall–Kier alpha value is -0.780. The lowest BCUT2D eigenvalue weighted by molar-refractivity contribution is -0.154. The molecule has 1 fully saturated rings. The molecule has 0 aliphatic carbocycles. The minimum absolute atomic E-state index is 0.151. The summed E-state index contributed by atoms with van der Waals surface area (Å²) in [6.07, 6.45) is -4.34. The van der Waals surface area contributed by atoms with Crippen LogP contribution in [0.4, 0.5) is 13.2 Å². The summed E-state index contributed by atoms with van der Waals surface area (Å²) in [4.78, 5) is 10.9. The van der Waals surface area contributed by atoms with Crippen LogP contribution < -0.4 is 5.32 Å². The number of hydrogen-bond donors (Lipinski definition) is 1. The number of ether oxygens (including phenoxy) is 1. The fourth-order valence-corrected chi connectivity index (χ4v) is 1.58. The Labute approximate surface area is 86.0 Å². The number of amides is 1. The van der Waals surface area contributed by atoms with Crippen LogP contribution >= 0.6 is 0 Å². The molecule has 0 spiro atoms. The quantitative estimate of drug-likeness (QED) is 0.792. The predicted octanol–water partition coefficient (Wildman–Crippen LogP) is 1.62. The first-order valence-electron chi connectivity index (χ1n) is 4.86. The van der Waals surface area contributed by atoms with Crippen LogP contribution in [0.3, 0.4) is 0 Å². The van der Waals surface area contributed by atoms with Crippen LogP contribution in [0.5, 0.6) is 0 Å². The number of alkyl halides is 3. The molecule has 88 valence electrons. The highest BCUT2D eigenvalue weighted by Gasteiger charge is 2.32. The van der Waals surface area contributed by atoms with Gasteiger partial charge in [-0.3, -0.25) is 4.79 Å². The fourth-order valence-electron chi connectivity index (χ4n) is 1.58. The van der Waals surface area contributed by atoms with Crippen LogP contribution in [0.25, 0.3) is 0 Å². The second-order valence-electron chi connectivity index (χ2n) is 3.70. The van der Waals surface area contributed by atoms with E-state index in [0.717, 1.165) is 12.8 Å². The third-order valence-corrected chi connectivity index (χ3v) is 2.27. The van der Waals surface area contributed by atoms with E-state index < -0.39 is 18.5 Å². The zero-order valence-corrected chi connectivity index (χ0v) is 8.43. The maximum Gasteiger partial charge on any atom is 0.397 e. The Morgan fingerprint density at radius 1 is 1.60 bits per heavy atom. The smallest absolute Gasteiger partial charge is 0.376 e. The van der Waals surface area contributed by atoms with Gasteiger partial charge in [0.15, 0.2) is 0 Å². The predicted molar refractivity (Wildman–Crippen MR) is 47.3 cm³/mol. The molecule has 1 aliphatic heterocycles. The van der Waals surface area contributed by atoms with E-state index in [-0.39, 0.29) is 12.1 Å². The molecule has 3 nitrogen and oxygen atoms in total. The summed E-state index contributed by atoms with van der Waals surface area (Å²) in [5.74, 6) is -0.995. The third kappa shape index (κ3) is 4.51. The number of carbonyl (C=O) groups excluding carboxylic acids is 1. The van der Waals surface area contributed by atoms with E-state index in [4.69, 9.17) is 4.74 Å². The van der Waals surface area contributed by atoms with Gasteiger partial charge in [0.1, 0.15) is 6.42 Å². The zero-order chi connectivity index (χ0) is 11.5. The van der Waals surface area contributed by atoms with Crippen molar-refractivity contribution in [1.29, 1.82) is 0 Å². The van der Waals surface area contributed by atoms with Crippen molar-refractivity contribution in [2.45, 2.75) is 44.5 Å². The van der Waals surface area contributed by atoms with Crippen LogP contribution in [0.2, 0.25) is 0 Å². The van der Waals surface area contributed by atoms with Gasteiger partial charge in [-0.05, 0) is 19.8 Å². The molecule has 0 unspecified atom stereocenters. The summed E-state index contributed by atoms with van der Waals surface area (Å²) in [6.45, 7) is 2.27. The molecule has 0 saturated carbocycles. The first-order valence-corrected chi connectivity index (χ1v) is 4.86. The number of rotatable bonds is 3. The molecule has 0 aromatic heterocycles. The van der Waals surface area contributed by atoms with Crippen LogP contribution in [0.15, 0.2) is 0 Å². The lowest BCUT2D eigenvalue weighted by Crippen LogP contribution is -2.42. The van der Waals surface area contributed by atoms with Crippen molar-refractivity contribution in [2.24, 2.45) is 0 Å². The summed E-state index contributed by atoms with van der Waals surface area (Å²) in [5.41, 5.74) is 0. The van der Waals surface area contributed by atoms with Gasteiger partial charge in [0, 0.05) is 6.61 Å². The summed E-state index contributed by atoms with van der Waals surface area (Å²) in [7, 11) is 0. The first kappa shape index (κ1) is 12.3. The Bertz CT molecular complexity index is 224. The number of carbonyl (C=O) groups is 1. The molecule has 1 rings (SSSR count). The molecule has 2 atom stereocenters. The van der Waals surface area contributed by atoms with Crippen LogP contribution in [0, 0.1) is 0 Å². The van der Waals surface area contributed by atoms with E-state index in [1.807, 2.05) is 0 Å². The number of nitrogens with one attached hydrogen (secondary N) is 1. The molecule has 0 aromatic carbocycles. The van der Waals surface area contributed by atoms with E-state index in [1.54, 1.807) is 6.92 Å². The van der Waals surface area contributed by atoms with Crippen LogP contribution in [-0.4, -0.2) is 30.8 Å². The average molecular weight is 225 g/mol. The van der Waals surface area contributed by atoms with E-state index in [0.29, 0.717) is 6.61 Å². The summed E-state index contributed by atoms with van der Waals surface area (Å²) in [6, 6.07) is -0.359. The normalized spacial score (nSPS) is 23.9. The lowest BCUT2D eigenvalue weighted by Gasteiger charge is -2.20.